The number of carbonyl (C=O) groups is 2. The molecule has 0 aliphatic carbocycles. The second-order valence-corrected chi connectivity index (χ2v) is 3.47. The molecule has 6 nitrogen and oxygen atoms in total. The van der Waals surface area contributed by atoms with Gasteiger partial charge < -0.3 is 9.88 Å². The summed E-state index contributed by atoms with van der Waals surface area (Å²) >= 11 is 0. The molecule has 1 unspecified atom stereocenters. The van der Waals surface area contributed by atoms with Crippen molar-refractivity contribution in [3.63, 3.8) is 0 Å². The first kappa shape index (κ1) is 11.4. The molecule has 0 spiro atoms. The van der Waals surface area contributed by atoms with E-state index in [9.17, 15) is 9.59 Å². The summed E-state index contributed by atoms with van der Waals surface area (Å²) in [5.74, 6) is 0.211. The Hall–Kier alpha value is -1.72. The molecule has 0 saturated heterocycles. The van der Waals surface area contributed by atoms with Crippen LogP contribution in [0.2, 0.25) is 0 Å². The van der Waals surface area contributed by atoms with Crippen LogP contribution in [0.1, 0.15) is 32.1 Å². The molecule has 82 valence electrons. The zero-order chi connectivity index (χ0) is 11.4. The Labute approximate surface area is 87.7 Å². The smallest absolute Gasteiger partial charge is 0.228 e. The third-order valence-electron chi connectivity index (χ3n) is 1.92. The number of amides is 1. The molecule has 1 aromatic rings. The Morgan fingerprint density at radius 2 is 2.27 bits per heavy atom. The molecule has 15 heavy (non-hydrogen) atoms. The molecule has 1 aromatic heterocycles. The number of Topliss-reactive ketones (excluding diaryl/α,β-unsaturated/α-hetero) is 1. The fourth-order valence-corrected chi connectivity index (χ4v) is 1.27. The molecule has 0 fully saturated rings. The predicted octanol–water partition coefficient (Wildman–Crippen LogP) is -0.0286. The van der Waals surface area contributed by atoms with Crippen molar-refractivity contribution in [1.82, 2.24) is 20.1 Å². The average molecular weight is 210 g/mol. The van der Waals surface area contributed by atoms with Crippen molar-refractivity contribution in [2.45, 2.75) is 26.3 Å². The van der Waals surface area contributed by atoms with Crippen molar-refractivity contribution in [3.8, 4) is 0 Å². The highest BCUT2D eigenvalue weighted by Crippen LogP contribution is 2.06. The van der Waals surface area contributed by atoms with Gasteiger partial charge in [-0.25, -0.2) is 0 Å². The van der Waals surface area contributed by atoms with E-state index in [0.717, 1.165) is 0 Å². The molecular weight excluding hydrogens is 196 g/mol. The Morgan fingerprint density at radius 3 is 2.73 bits per heavy atom. The quantitative estimate of drug-likeness (QED) is 0.708. The van der Waals surface area contributed by atoms with E-state index in [-0.39, 0.29) is 24.2 Å². The summed E-state index contributed by atoms with van der Waals surface area (Å²) in [4.78, 5) is 22.0. The highest BCUT2D eigenvalue weighted by Gasteiger charge is 2.14. The van der Waals surface area contributed by atoms with Crippen LogP contribution in [0.15, 0.2) is 6.33 Å². The summed E-state index contributed by atoms with van der Waals surface area (Å²) in [7, 11) is 1.79. The normalized spacial score (nSPS) is 12.2. The van der Waals surface area contributed by atoms with Gasteiger partial charge in [0.25, 0.3) is 0 Å². The van der Waals surface area contributed by atoms with E-state index in [4.69, 9.17) is 0 Å². The molecule has 1 N–H and O–H groups in total. The summed E-state index contributed by atoms with van der Waals surface area (Å²) in [5, 5.41) is 10.2. The van der Waals surface area contributed by atoms with Gasteiger partial charge in [0.2, 0.25) is 5.91 Å². The Bertz CT molecular complexity index is 372. The van der Waals surface area contributed by atoms with Gasteiger partial charge in [-0.3, -0.25) is 9.59 Å². The topological polar surface area (TPSA) is 76.9 Å². The molecule has 1 rings (SSSR count). The zero-order valence-electron chi connectivity index (χ0n) is 9.02. The van der Waals surface area contributed by atoms with E-state index in [1.165, 1.54) is 6.92 Å². The highest BCUT2D eigenvalue weighted by atomic mass is 16.2. The molecule has 1 heterocycles. The Balaban J connectivity index is 2.56. The number of aromatic nitrogens is 3. The van der Waals surface area contributed by atoms with Gasteiger partial charge in [0, 0.05) is 7.05 Å². The number of ketones is 1. The second-order valence-electron chi connectivity index (χ2n) is 3.47. The number of hydrogen-bond donors (Lipinski definition) is 1. The largest absolute Gasteiger partial charge is 0.346 e. The minimum Gasteiger partial charge on any atom is -0.346 e. The van der Waals surface area contributed by atoms with E-state index < -0.39 is 0 Å². The summed E-state index contributed by atoms with van der Waals surface area (Å²) in [6.45, 7) is 3.18. The summed E-state index contributed by atoms with van der Waals surface area (Å²) in [6.07, 6.45) is 1.46. The van der Waals surface area contributed by atoms with Crippen molar-refractivity contribution in [2.75, 3.05) is 0 Å². The lowest BCUT2D eigenvalue weighted by Gasteiger charge is -2.11. The van der Waals surface area contributed by atoms with Crippen molar-refractivity contribution >= 4 is 11.7 Å². The van der Waals surface area contributed by atoms with Gasteiger partial charge in [-0.2, -0.15) is 0 Å². The molecule has 0 aliphatic heterocycles. The number of nitrogens with one attached hydrogen (secondary N) is 1. The third kappa shape index (κ3) is 3.16. The molecular formula is C9H14N4O2. The minimum absolute atomic E-state index is 0.0950. The van der Waals surface area contributed by atoms with E-state index >= 15 is 0 Å². The van der Waals surface area contributed by atoms with Crippen molar-refractivity contribution in [1.29, 1.82) is 0 Å². The van der Waals surface area contributed by atoms with Crippen molar-refractivity contribution < 1.29 is 9.59 Å². The van der Waals surface area contributed by atoms with E-state index in [0.29, 0.717) is 5.82 Å². The summed E-state index contributed by atoms with van der Waals surface area (Å²) in [6, 6.07) is -0.246. The molecule has 0 aromatic carbocycles. The predicted molar refractivity (Wildman–Crippen MR) is 52.9 cm³/mol. The van der Waals surface area contributed by atoms with Gasteiger partial charge in [0.05, 0.1) is 12.5 Å². The fraction of sp³-hybridized carbons (Fsp3) is 0.556. The maximum Gasteiger partial charge on any atom is 0.228 e. The van der Waals surface area contributed by atoms with Crippen LogP contribution in [-0.4, -0.2) is 26.5 Å². The molecule has 0 radical (unpaired) electrons. The van der Waals surface area contributed by atoms with Gasteiger partial charge in [-0.1, -0.05) is 0 Å². The summed E-state index contributed by atoms with van der Waals surface area (Å²) < 4.78 is 1.72. The van der Waals surface area contributed by atoms with Crippen LogP contribution in [0.5, 0.6) is 0 Å². The van der Waals surface area contributed by atoms with Crippen molar-refractivity contribution in [2.24, 2.45) is 7.05 Å². The first-order chi connectivity index (χ1) is 7.00. The number of carbonyl (C=O) groups excluding carboxylic acids is 2. The van der Waals surface area contributed by atoms with E-state index in [2.05, 4.69) is 15.5 Å². The third-order valence-corrected chi connectivity index (χ3v) is 1.92. The molecule has 0 bridgehead atoms. The van der Waals surface area contributed by atoms with Gasteiger partial charge in [-0.15, -0.1) is 10.2 Å². The van der Waals surface area contributed by atoms with Crippen LogP contribution in [0.25, 0.3) is 0 Å². The Morgan fingerprint density at radius 1 is 1.60 bits per heavy atom. The fourth-order valence-electron chi connectivity index (χ4n) is 1.27. The molecule has 6 heteroatoms. The standard InChI is InChI=1S/C9H14N4O2/c1-6(14)4-8(15)11-7(2)9-12-10-5-13(9)3/h5,7H,4H2,1-3H3,(H,11,15). The lowest BCUT2D eigenvalue weighted by atomic mass is 10.2. The Kier molecular flexibility index (Phi) is 3.54. The van der Waals surface area contributed by atoms with Crippen LogP contribution in [0.4, 0.5) is 0 Å². The van der Waals surface area contributed by atoms with Crippen LogP contribution in [0, 0.1) is 0 Å². The molecule has 0 aliphatic rings. The van der Waals surface area contributed by atoms with Crippen LogP contribution in [-0.2, 0) is 16.6 Å². The number of rotatable bonds is 4. The van der Waals surface area contributed by atoms with Gasteiger partial charge in [0.1, 0.15) is 12.1 Å². The van der Waals surface area contributed by atoms with E-state index in [1.807, 2.05) is 0 Å². The second kappa shape index (κ2) is 4.68. The maximum atomic E-state index is 11.3. The summed E-state index contributed by atoms with van der Waals surface area (Å²) in [5.41, 5.74) is 0. The van der Waals surface area contributed by atoms with Crippen LogP contribution >= 0.6 is 0 Å². The highest BCUT2D eigenvalue weighted by molar-refractivity contribution is 5.96. The van der Waals surface area contributed by atoms with Gasteiger partial charge in [0.15, 0.2) is 5.82 Å². The number of aryl methyl sites for hydroxylation is 1. The van der Waals surface area contributed by atoms with Gasteiger partial charge >= 0.3 is 0 Å². The molecule has 0 saturated carbocycles. The molecule has 1 amide bonds. The number of hydrogen-bond acceptors (Lipinski definition) is 4. The monoisotopic (exact) mass is 210 g/mol. The SMILES string of the molecule is CC(=O)CC(=O)NC(C)c1nncn1C. The number of nitrogens with zero attached hydrogens (tertiary/aromatic N) is 3. The first-order valence-corrected chi connectivity index (χ1v) is 4.63. The average Bonchev–Trinajstić information content (AvgIpc) is 2.49. The first-order valence-electron chi connectivity index (χ1n) is 4.63. The lowest BCUT2D eigenvalue weighted by Crippen LogP contribution is -2.29. The van der Waals surface area contributed by atoms with Crippen LogP contribution in [0.3, 0.4) is 0 Å². The van der Waals surface area contributed by atoms with Crippen LogP contribution < -0.4 is 5.32 Å². The maximum absolute atomic E-state index is 11.3. The zero-order valence-corrected chi connectivity index (χ0v) is 9.02. The minimum atomic E-state index is -0.294. The van der Waals surface area contributed by atoms with E-state index in [1.54, 1.807) is 24.9 Å². The van der Waals surface area contributed by atoms with Gasteiger partial charge in [-0.05, 0) is 13.8 Å². The van der Waals surface area contributed by atoms with Crippen molar-refractivity contribution in [3.05, 3.63) is 12.2 Å². The lowest BCUT2D eigenvalue weighted by molar-refractivity contribution is -0.127. The molecule has 1 atom stereocenters.